The maximum absolute atomic E-state index is 9.92. The van der Waals surface area contributed by atoms with Gasteiger partial charge in [0.15, 0.2) is 0 Å². The SMILES string of the molecule is CN1CC[C@]23COCO[C@@]2(C)[C@H]1Cc1ccc(O)cc13. The van der Waals surface area contributed by atoms with E-state index in [2.05, 4.69) is 24.9 Å². The van der Waals surface area contributed by atoms with E-state index in [1.807, 2.05) is 6.07 Å². The van der Waals surface area contributed by atoms with E-state index >= 15 is 0 Å². The summed E-state index contributed by atoms with van der Waals surface area (Å²) >= 11 is 0. The molecule has 0 spiro atoms. The Bertz CT molecular complexity index is 561. The zero-order valence-corrected chi connectivity index (χ0v) is 12.1. The highest BCUT2D eigenvalue weighted by molar-refractivity contribution is 5.47. The van der Waals surface area contributed by atoms with Gasteiger partial charge in [0.25, 0.3) is 0 Å². The predicted molar refractivity (Wildman–Crippen MR) is 74.8 cm³/mol. The van der Waals surface area contributed by atoms with Gasteiger partial charge in [0.2, 0.25) is 0 Å². The van der Waals surface area contributed by atoms with Crippen LogP contribution in [0.1, 0.15) is 24.5 Å². The molecule has 3 aliphatic rings. The zero-order valence-electron chi connectivity index (χ0n) is 12.1. The van der Waals surface area contributed by atoms with Crippen molar-refractivity contribution in [2.24, 2.45) is 0 Å². The molecule has 0 radical (unpaired) electrons. The Hall–Kier alpha value is -1.10. The maximum atomic E-state index is 9.92. The molecule has 0 aromatic heterocycles. The fourth-order valence-corrected chi connectivity index (χ4v) is 4.57. The molecule has 1 aromatic rings. The predicted octanol–water partition coefficient (Wildman–Crippen LogP) is 1.65. The van der Waals surface area contributed by atoms with Gasteiger partial charge in [0.1, 0.15) is 12.5 Å². The summed E-state index contributed by atoms with van der Waals surface area (Å²) in [6.07, 6.45) is 1.98. The van der Waals surface area contributed by atoms with Crippen molar-refractivity contribution in [3.63, 3.8) is 0 Å². The van der Waals surface area contributed by atoms with Crippen molar-refractivity contribution in [1.82, 2.24) is 4.90 Å². The number of hydrogen-bond donors (Lipinski definition) is 1. The summed E-state index contributed by atoms with van der Waals surface area (Å²) in [5.41, 5.74) is 2.18. The highest BCUT2D eigenvalue weighted by atomic mass is 16.7. The molecule has 108 valence electrons. The average Bonchev–Trinajstić information content (AvgIpc) is 2.43. The lowest BCUT2D eigenvalue weighted by Crippen LogP contribution is -2.73. The summed E-state index contributed by atoms with van der Waals surface area (Å²) in [4.78, 5) is 2.42. The van der Waals surface area contributed by atoms with E-state index in [1.54, 1.807) is 6.07 Å². The zero-order chi connectivity index (χ0) is 14.0. The molecule has 0 unspecified atom stereocenters. The Kier molecular flexibility index (Phi) is 2.50. The van der Waals surface area contributed by atoms with Crippen LogP contribution in [-0.4, -0.2) is 48.6 Å². The number of likely N-dealkylation sites (N-methyl/N-ethyl adjacent to an activating group) is 1. The van der Waals surface area contributed by atoms with Crippen molar-refractivity contribution >= 4 is 0 Å². The smallest absolute Gasteiger partial charge is 0.147 e. The number of aromatic hydroxyl groups is 1. The fourth-order valence-electron chi connectivity index (χ4n) is 4.57. The topological polar surface area (TPSA) is 41.9 Å². The Balaban J connectivity index is 1.97. The lowest BCUT2D eigenvalue weighted by Gasteiger charge is -2.63. The highest BCUT2D eigenvalue weighted by Gasteiger charge is 2.63. The molecule has 4 rings (SSSR count). The van der Waals surface area contributed by atoms with Crippen molar-refractivity contribution in [3.05, 3.63) is 29.3 Å². The number of phenols is 1. The summed E-state index contributed by atoms with van der Waals surface area (Å²) in [7, 11) is 2.18. The Labute approximate surface area is 119 Å². The molecule has 0 amide bonds. The second-order valence-electron chi connectivity index (χ2n) is 6.59. The van der Waals surface area contributed by atoms with Crippen LogP contribution in [0.15, 0.2) is 18.2 Å². The van der Waals surface area contributed by atoms with E-state index in [-0.39, 0.29) is 11.0 Å². The minimum Gasteiger partial charge on any atom is -0.508 e. The number of ether oxygens (including phenoxy) is 2. The van der Waals surface area contributed by atoms with Crippen LogP contribution in [0, 0.1) is 0 Å². The molecule has 1 aliphatic carbocycles. The van der Waals surface area contributed by atoms with Crippen LogP contribution in [0.25, 0.3) is 0 Å². The average molecular weight is 275 g/mol. The standard InChI is InChI=1S/C16H21NO3/c1-15-14-7-11-3-4-12(18)8-13(11)16(15,5-6-17(14)2)9-19-10-20-15/h3-4,8,14,18H,5-7,9-10H2,1-2H3/t14-,15+,16-/m1/s1. The molecule has 2 saturated heterocycles. The summed E-state index contributed by atoms with van der Waals surface area (Å²) in [6, 6.07) is 6.15. The van der Waals surface area contributed by atoms with E-state index in [1.165, 1.54) is 11.1 Å². The Morgan fingerprint density at radius 2 is 2.25 bits per heavy atom. The van der Waals surface area contributed by atoms with Gasteiger partial charge in [-0.25, -0.2) is 0 Å². The summed E-state index contributed by atoms with van der Waals surface area (Å²) in [6.45, 7) is 4.33. The monoisotopic (exact) mass is 275 g/mol. The molecule has 4 heteroatoms. The van der Waals surface area contributed by atoms with Gasteiger partial charge in [-0.15, -0.1) is 0 Å². The molecule has 1 N–H and O–H groups in total. The number of phenolic OH excluding ortho intramolecular Hbond substituents is 1. The number of piperidine rings is 1. The minimum atomic E-state index is -0.237. The first-order valence-electron chi connectivity index (χ1n) is 7.31. The molecule has 2 heterocycles. The number of fused-ring (bicyclic) bond motifs is 1. The summed E-state index contributed by atoms with van der Waals surface area (Å²) in [5.74, 6) is 0.337. The molecular weight excluding hydrogens is 254 g/mol. The van der Waals surface area contributed by atoms with Crippen LogP contribution in [-0.2, 0) is 21.3 Å². The number of rotatable bonds is 0. The lowest BCUT2D eigenvalue weighted by molar-refractivity contribution is -0.271. The van der Waals surface area contributed by atoms with Crippen molar-refractivity contribution in [1.29, 1.82) is 0 Å². The molecule has 2 aliphatic heterocycles. The van der Waals surface area contributed by atoms with Crippen molar-refractivity contribution < 1.29 is 14.6 Å². The Morgan fingerprint density at radius 3 is 3.10 bits per heavy atom. The molecule has 20 heavy (non-hydrogen) atoms. The first-order valence-corrected chi connectivity index (χ1v) is 7.31. The largest absolute Gasteiger partial charge is 0.508 e. The van der Waals surface area contributed by atoms with Gasteiger partial charge >= 0.3 is 0 Å². The third kappa shape index (κ3) is 1.37. The van der Waals surface area contributed by atoms with Crippen LogP contribution < -0.4 is 0 Å². The molecule has 4 nitrogen and oxygen atoms in total. The minimum absolute atomic E-state index is 0.130. The van der Waals surface area contributed by atoms with Crippen molar-refractivity contribution in [2.75, 3.05) is 27.0 Å². The molecule has 1 aromatic carbocycles. The van der Waals surface area contributed by atoms with Gasteiger partial charge in [-0.1, -0.05) is 6.07 Å². The van der Waals surface area contributed by atoms with Gasteiger partial charge < -0.3 is 19.5 Å². The number of benzene rings is 1. The lowest BCUT2D eigenvalue weighted by atomic mass is 9.55. The van der Waals surface area contributed by atoms with Crippen LogP contribution in [0.3, 0.4) is 0 Å². The quantitative estimate of drug-likeness (QED) is 0.782. The van der Waals surface area contributed by atoms with Crippen LogP contribution in [0.4, 0.5) is 0 Å². The van der Waals surface area contributed by atoms with Gasteiger partial charge in [-0.3, -0.25) is 0 Å². The molecule has 3 atom stereocenters. The molecule has 0 saturated carbocycles. The molecular formula is C16H21NO3. The molecule has 2 fully saturated rings. The second-order valence-corrected chi connectivity index (χ2v) is 6.59. The number of likely N-dealkylation sites (tertiary alicyclic amines) is 1. The first kappa shape index (κ1) is 12.6. The van der Waals surface area contributed by atoms with Crippen LogP contribution >= 0.6 is 0 Å². The van der Waals surface area contributed by atoms with Crippen LogP contribution in [0.2, 0.25) is 0 Å². The van der Waals surface area contributed by atoms with Gasteiger partial charge in [-0.05, 0) is 56.6 Å². The highest BCUT2D eigenvalue weighted by Crippen LogP contribution is 2.54. The van der Waals surface area contributed by atoms with E-state index < -0.39 is 0 Å². The van der Waals surface area contributed by atoms with Gasteiger partial charge in [0.05, 0.1) is 17.6 Å². The van der Waals surface area contributed by atoms with Crippen molar-refractivity contribution in [3.8, 4) is 5.75 Å². The molecule has 2 bridgehead atoms. The van der Waals surface area contributed by atoms with Gasteiger partial charge in [0, 0.05) is 6.04 Å². The first-order chi connectivity index (χ1) is 9.57. The fraction of sp³-hybridized carbons (Fsp3) is 0.625. The number of hydrogen-bond acceptors (Lipinski definition) is 4. The third-order valence-corrected chi connectivity index (χ3v) is 5.82. The van der Waals surface area contributed by atoms with E-state index in [0.717, 1.165) is 19.4 Å². The van der Waals surface area contributed by atoms with Crippen molar-refractivity contribution in [2.45, 2.75) is 36.8 Å². The normalized spacial score (nSPS) is 40.0. The van der Waals surface area contributed by atoms with Gasteiger partial charge in [-0.2, -0.15) is 0 Å². The maximum Gasteiger partial charge on any atom is 0.147 e. The summed E-state index contributed by atoms with van der Waals surface area (Å²) < 4.78 is 11.8. The second kappa shape index (κ2) is 3.97. The van der Waals surface area contributed by atoms with Crippen LogP contribution in [0.5, 0.6) is 5.75 Å². The van der Waals surface area contributed by atoms with E-state index in [4.69, 9.17) is 9.47 Å². The third-order valence-electron chi connectivity index (χ3n) is 5.82. The van der Waals surface area contributed by atoms with E-state index in [9.17, 15) is 5.11 Å². The Morgan fingerprint density at radius 1 is 1.40 bits per heavy atom. The number of nitrogens with zero attached hydrogens (tertiary/aromatic N) is 1. The van der Waals surface area contributed by atoms with E-state index in [0.29, 0.717) is 25.2 Å². The summed E-state index contributed by atoms with van der Waals surface area (Å²) in [5, 5.41) is 9.92.